The van der Waals surface area contributed by atoms with E-state index in [0.29, 0.717) is 6.42 Å². The molecule has 1 amide bonds. The summed E-state index contributed by atoms with van der Waals surface area (Å²) in [5, 5.41) is 1.10. The number of hydrogen-bond acceptors (Lipinski definition) is 4. The second-order valence-electron chi connectivity index (χ2n) is 7.35. The van der Waals surface area contributed by atoms with Crippen LogP contribution >= 0.6 is 11.3 Å². The molecule has 2 aliphatic heterocycles. The van der Waals surface area contributed by atoms with Crippen molar-refractivity contribution in [1.82, 2.24) is 4.90 Å². The third-order valence-corrected chi connectivity index (χ3v) is 6.42. The second-order valence-corrected chi connectivity index (χ2v) is 8.62. The fraction of sp³-hybridized carbons (Fsp3) is 0.450. The highest BCUT2D eigenvalue weighted by molar-refractivity contribution is 7.16. The molecule has 5 heteroatoms. The maximum absolute atomic E-state index is 12.6. The van der Waals surface area contributed by atoms with E-state index < -0.39 is 0 Å². The predicted octanol–water partition coefficient (Wildman–Crippen LogP) is 3.69. The zero-order chi connectivity index (χ0) is 17.4. The molecule has 2 fully saturated rings. The van der Waals surface area contributed by atoms with Gasteiger partial charge in [0, 0.05) is 36.3 Å². The minimum absolute atomic E-state index is 0.126. The van der Waals surface area contributed by atoms with Gasteiger partial charge in [0.15, 0.2) is 0 Å². The predicted molar refractivity (Wildman–Crippen MR) is 101 cm³/mol. The third-order valence-electron chi connectivity index (χ3n) is 5.40. The maximum Gasteiger partial charge on any atom is 0.228 e. The standard InChI is InChI=1S/C20H24N2O2S/c1-15-3-8-19(25-15)22-14-20(11-18(22)23)9-10-21(13-20)12-16-4-6-17(24-2)7-5-16/h3-8H,9-14H2,1-2H3/t20-/m1/s1. The number of methoxy groups -OCH3 is 1. The van der Waals surface area contributed by atoms with Gasteiger partial charge < -0.3 is 9.64 Å². The number of hydrogen-bond donors (Lipinski definition) is 0. The summed E-state index contributed by atoms with van der Waals surface area (Å²) < 4.78 is 5.23. The number of likely N-dealkylation sites (tertiary alicyclic amines) is 1. The number of carbonyl (C=O) groups excluding carboxylic acids is 1. The van der Waals surface area contributed by atoms with E-state index in [1.807, 2.05) is 17.0 Å². The van der Waals surface area contributed by atoms with Crippen molar-refractivity contribution in [3.63, 3.8) is 0 Å². The van der Waals surface area contributed by atoms with Gasteiger partial charge in [0.25, 0.3) is 0 Å². The molecule has 3 heterocycles. The van der Waals surface area contributed by atoms with Crippen LogP contribution in [0.4, 0.5) is 5.00 Å². The van der Waals surface area contributed by atoms with Crippen molar-refractivity contribution in [2.75, 3.05) is 31.6 Å². The molecule has 2 saturated heterocycles. The normalized spacial score (nSPS) is 23.8. The van der Waals surface area contributed by atoms with E-state index in [1.165, 1.54) is 10.4 Å². The lowest BCUT2D eigenvalue weighted by molar-refractivity contribution is -0.117. The van der Waals surface area contributed by atoms with E-state index in [9.17, 15) is 4.79 Å². The number of anilines is 1. The maximum atomic E-state index is 12.6. The van der Waals surface area contributed by atoms with Gasteiger partial charge in [-0.15, -0.1) is 11.3 Å². The molecule has 0 bridgehead atoms. The van der Waals surface area contributed by atoms with Gasteiger partial charge in [-0.05, 0) is 49.7 Å². The molecule has 0 aliphatic carbocycles. The highest BCUT2D eigenvalue weighted by Gasteiger charge is 2.47. The minimum Gasteiger partial charge on any atom is -0.497 e. The highest BCUT2D eigenvalue weighted by Crippen LogP contribution is 2.43. The Kier molecular flexibility index (Phi) is 4.29. The Hall–Kier alpha value is -1.85. The smallest absolute Gasteiger partial charge is 0.228 e. The number of benzene rings is 1. The largest absolute Gasteiger partial charge is 0.497 e. The molecule has 1 aromatic carbocycles. The van der Waals surface area contributed by atoms with Crippen LogP contribution in [0, 0.1) is 12.3 Å². The summed E-state index contributed by atoms with van der Waals surface area (Å²) in [5.74, 6) is 1.18. The minimum atomic E-state index is 0.126. The zero-order valence-corrected chi connectivity index (χ0v) is 15.6. The Morgan fingerprint density at radius 3 is 2.64 bits per heavy atom. The lowest BCUT2D eigenvalue weighted by Crippen LogP contribution is -2.30. The molecule has 2 aromatic rings. The molecule has 2 aliphatic rings. The van der Waals surface area contributed by atoms with E-state index in [-0.39, 0.29) is 11.3 Å². The molecule has 25 heavy (non-hydrogen) atoms. The molecule has 0 saturated carbocycles. The number of carbonyl (C=O) groups is 1. The van der Waals surface area contributed by atoms with Gasteiger partial charge in [0.2, 0.25) is 5.91 Å². The van der Waals surface area contributed by atoms with Crippen molar-refractivity contribution in [2.24, 2.45) is 5.41 Å². The summed E-state index contributed by atoms with van der Waals surface area (Å²) in [6.07, 6.45) is 1.79. The lowest BCUT2D eigenvalue weighted by Gasteiger charge is -2.24. The molecule has 0 N–H and O–H groups in total. The first-order valence-electron chi connectivity index (χ1n) is 8.79. The molecule has 1 spiro atoms. The van der Waals surface area contributed by atoms with Gasteiger partial charge in [-0.3, -0.25) is 9.69 Å². The van der Waals surface area contributed by atoms with E-state index >= 15 is 0 Å². The highest BCUT2D eigenvalue weighted by atomic mass is 32.1. The Labute approximate surface area is 153 Å². The van der Waals surface area contributed by atoms with Crippen LogP contribution in [0.25, 0.3) is 0 Å². The molecule has 1 atom stereocenters. The average Bonchev–Trinajstić information content (AvgIpc) is 3.28. The lowest BCUT2D eigenvalue weighted by atomic mass is 9.86. The van der Waals surface area contributed by atoms with E-state index in [0.717, 1.165) is 43.4 Å². The number of rotatable bonds is 4. The van der Waals surface area contributed by atoms with Crippen molar-refractivity contribution in [3.8, 4) is 5.75 Å². The Bertz CT molecular complexity index is 770. The van der Waals surface area contributed by atoms with Crippen molar-refractivity contribution in [1.29, 1.82) is 0 Å². The Morgan fingerprint density at radius 2 is 1.96 bits per heavy atom. The molecule has 0 radical (unpaired) electrons. The molecular formula is C20H24N2O2S. The van der Waals surface area contributed by atoms with Crippen molar-refractivity contribution in [2.45, 2.75) is 26.3 Å². The Morgan fingerprint density at radius 1 is 1.16 bits per heavy atom. The van der Waals surface area contributed by atoms with Gasteiger partial charge >= 0.3 is 0 Å². The van der Waals surface area contributed by atoms with Crippen LogP contribution in [0.3, 0.4) is 0 Å². The molecule has 132 valence electrons. The zero-order valence-electron chi connectivity index (χ0n) is 14.8. The molecule has 1 aromatic heterocycles. The number of thiophene rings is 1. The SMILES string of the molecule is COc1ccc(CN2CC[C@@]3(CC(=O)N(c4ccc(C)s4)C3)C2)cc1. The molecule has 4 rings (SSSR count). The Balaban J connectivity index is 1.42. The van der Waals surface area contributed by atoms with Gasteiger partial charge in [-0.25, -0.2) is 0 Å². The summed E-state index contributed by atoms with van der Waals surface area (Å²) in [4.78, 5) is 18.3. The average molecular weight is 356 g/mol. The first-order valence-corrected chi connectivity index (χ1v) is 9.61. The number of nitrogens with zero attached hydrogens (tertiary/aromatic N) is 2. The molecular weight excluding hydrogens is 332 g/mol. The summed E-state index contributed by atoms with van der Waals surface area (Å²) >= 11 is 1.72. The summed E-state index contributed by atoms with van der Waals surface area (Å²) in [7, 11) is 1.69. The van der Waals surface area contributed by atoms with Crippen LogP contribution in [0.1, 0.15) is 23.3 Å². The third kappa shape index (κ3) is 3.31. The van der Waals surface area contributed by atoms with Gasteiger partial charge in [0.1, 0.15) is 5.75 Å². The fourth-order valence-corrected chi connectivity index (χ4v) is 4.97. The second kappa shape index (κ2) is 6.46. The summed E-state index contributed by atoms with van der Waals surface area (Å²) in [6, 6.07) is 12.5. The van der Waals surface area contributed by atoms with E-state index in [4.69, 9.17) is 4.74 Å². The van der Waals surface area contributed by atoms with Crippen LogP contribution in [-0.2, 0) is 11.3 Å². The molecule has 0 unspecified atom stereocenters. The number of amides is 1. The molecule has 4 nitrogen and oxygen atoms in total. The van der Waals surface area contributed by atoms with Crippen LogP contribution in [0.5, 0.6) is 5.75 Å². The van der Waals surface area contributed by atoms with Crippen molar-refractivity contribution >= 4 is 22.2 Å². The van der Waals surface area contributed by atoms with Crippen LogP contribution in [0.2, 0.25) is 0 Å². The van der Waals surface area contributed by atoms with Crippen molar-refractivity contribution in [3.05, 3.63) is 46.8 Å². The van der Waals surface area contributed by atoms with E-state index in [2.05, 4.69) is 36.1 Å². The van der Waals surface area contributed by atoms with Crippen LogP contribution in [0.15, 0.2) is 36.4 Å². The van der Waals surface area contributed by atoms with Crippen molar-refractivity contribution < 1.29 is 9.53 Å². The quantitative estimate of drug-likeness (QED) is 0.837. The van der Waals surface area contributed by atoms with Gasteiger partial charge in [0.05, 0.1) is 12.1 Å². The fourth-order valence-electron chi connectivity index (χ4n) is 4.09. The number of ether oxygens (including phenoxy) is 1. The summed E-state index contributed by atoms with van der Waals surface area (Å²) in [5.41, 5.74) is 1.43. The monoisotopic (exact) mass is 356 g/mol. The summed E-state index contributed by atoms with van der Waals surface area (Å²) in [6.45, 7) is 5.97. The first-order chi connectivity index (χ1) is 12.1. The first kappa shape index (κ1) is 16.6. The van der Waals surface area contributed by atoms with E-state index in [1.54, 1.807) is 18.4 Å². The van der Waals surface area contributed by atoms with Crippen LogP contribution < -0.4 is 9.64 Å². The van der Waals surface area contributed by atoms with Crippen LogP contribution in [-0.4, -0.2) is 37.6 Å². The van der Waals surface area contributed by atoms with Gasteiger partial charge in [-0.1, -0.05) is 12.1 Å². The topological polar surface area (TPSA) is 32.8 Å². The number of aryl methyl sites for hydroxylation is 1. The van der Waals surface area contributed by atoms with Gasteiger partial charge in [-0.2, -0.15) is 0 Å².